The van der Waals surface area contributed by atoms with Gasteiger partial charge in [-0.25, -0.2) is 0 Å². The zero-order chi connectivity index (χ0) is 18.9. The van der Waals surface area contributed by atoms with E-state index in [-0.39, 0.29) is 18.1 Å². The van der Waals surface area contributed by atoms with Gasteiger partial charge in [-0.15, -0.1) is 0 Å². The van der Waals surface area contributed by atoms with Crippen LogP contribution in [-0.4, -0.2) is 67.0 Å². The van der Waals surface area contributed by atoms with E-state index in [1.54, 1.807) is 0 Å². The van der Waals surface area contributed by atoms with E-state index in [2.05, 4.69) is 29.3 Å². The molecule has 1 amide bonds. The quantitative estimate of drug-likeness (QED) is 0.823. The van der Waals surface area contributed by atoms with Crippen molar-refractivity contribution in [2.75, 3.05) is 46.0 Å². The molecule has 3 N–H and O–H groups in total. The molecule has 2 aliphatic rings. The number of amides is 1. The number of nitrogens with zero attached hydrogens (tertiary/aromatic N) is 2. The zero-order valence-corrected chi connectivity index (χ0v) is 15.9. The van der Waals surface area contributed by atoms with Crippen LogP contribution < -0.4 is 11.1 Å². The van der Waals surface area contributed by atoms with Crippen LogP contribution >= 0.6 is 0 Å². The van der Waals surface area contributed by atoms with Crippen LogP contribution in [0.1, 0.15) is 11.3 Å². The minimum atomic E-state index is -0.322. The van der Waals surface area contributed by atoms with Crippen molar-refractivity contribution in [3.8, 4) is 0 Å². The lowest BCUT2D eigenvalue weighted by Crippen LogP contribution is -2.57. The SMILES string of the molecule is Cc1c(CN2CCOC3(CNCCOC3)C2)c2ccccc2n1CC(N)=O. The molecule has 0 saturated carbocycles. The van der Waals surface area contributed by atoms with E-state index in [1.165, 1.54) is 10.9 Å². The molecule has 146 valence electrons. The van der Waals surface area contributed by atoms with E-state index < -0.39 is 0 Å². The Morgan fingerprint density at radius 1 is 1.33 bits per heavy atom. The maximum atomic E-state index is 11.6. The molecule has 3 heterocycles. The van der Waals surface area contributed by atoms with Crippen LogP contribution in [-0.2, 0) is 27.4 Å². The number of morpholine rings is 1. The first-order valence-electron chi connectivity index (χ1n) is 9.58. The van der Waals surface area contributed by atoms with Gasteiger partial charge >= 0.3 is 0 Å². The van der Waals surface area contributed by atoms with Crippen molar-refractivity contribution in [2.24, 2.45) is 5.73 Å². The van der Waals surface area contributed by atoms with Crippen LogP contribution in [0, 0.1) is 6.92 Å². The number of para-hydroxylation sites is 1. The van der Waals surface area contributed by atoms with Gasteiger partial charge in [-0.1, -0.05) is 18.2 Å². The molecule has 1 unspecified atom stereocenters. The first-order valence-corrected chi connectivity index (χ1v) is 9.58. The fraction of sp³-hybridized carbons (Fsp3) is 0.550. The molecule has 7 heteroatoms. The molecular weight excluding hydrogens is 344 g/mol. The van der Waals surface area contributed by atoms with Crippen molar-refractivity contribution in [1.82, 2.24) is 14.8 Å². The molecule has 0 bridgehead atoms. The van der Waals surface area contributed by atoms with Gasteiger partial charge in [0.1, 0.15) is 12.1 Å². The average Bonchev–Trinajstić information content (AvgIpc) is 2.80. The fourth-order valence-electron chi connectivity index (χ4n) is 4.31. The lowest BCUT2D eigenvalue weighted by Gasteiger charge is -2.42. The third-order valence-corrected chi connectivity index (χ3v) is 5.62. The number of nitrogens with two attached hydrogens (primary N) is 1. The van der Waals surface area contributed by atoms with E-state index in [9.17, 15) is 4.79 Å². The Balaban J connectivity index is 1.61. The lowest BCUT2D eigenvalue weighted by molar-refractivity contribution is -0.135. The third kappa shape index (κ3) is 3.73. The second kappa shape index (κ2) is 7.59. The Labute approximate surface area is 159 Å². The van der Waals surface area contributed by atoms with Crippen LogP contribution in [0.25, 0.3) is 10.9 Å². The number of ether oxygens (including phenoxy) is 2. The second-order valence-electron chi connectivity index (χ2n) is 7.61. The average molecular weight is 372 g/mol. The molecule has 7 nitrogen and oxygen atoms in total. The van der Waals surface area contributed by atoms with E-state index >= 15 is 0 Å². The van der Waals surface area contributed by atoms with Crippen molar-refractivity contribution >= 4 is 16.8 Å². The lowest BCUT2D eigenvalue weighted by atomic mass is 10.0. The largest absolute Gasteiger partial charge is 0.377 e. The van der Waals surface area contributed by atoms with Gasteiger partial charge in [0.2, 0.25) is 5.91 Å². The summed E-state index contributed by atoms with van der Waals surface area (Å²) in [7, 11) is 0. The topological polar surface area (TPSA) is 81.8 Å². The normalized spacial score (nSPS) is 24.3. The summed E-state index contributed by atoms with van der Waals surface area (Å²) >= 11 is 0. The summed E-state index contributed by atoms with van der Waals surface area (Å²) in [5.74, 6) is -0.322. The summed E-state index contributed by atoms with van der Waals surface area (Å²) in [6, 6.07) is 8.23. The van der Waals surface area contributed by atoms with Crippen LogP contribution in [0.2, 0.25) is 0 Å². The molecule has 2 aliphatic heterocycles. The summed E-state index contributed by atoms with van der Waals surface area (Å²) in [6.07, 6.45) is 0. The number of benzene rings is 1. The summed E-state index contributed by atoms with van der Waals surface area (Å²) in [6.45, 7) is 8.54. The van der Waals surface area contributed by atoms with Gasteiger partial charge in [-0.3, -0.25) is 9.69 Å². The van der Waals surface area contributed by atoms with E-state index in [0.717, 1.165) is 50.5 Å². The van der Waals surface area contributed by atoms with E-state index in [0.29, 0.717) is 13.2 Å². The number of fused-ring (bicyclic) bond motifs is 1. The molecule has 2 aromatic rings. The van der Waals surface area contributed by atoms with Crippen molar-refractivity contribution in [3.05, 3.63) is 35.5 Å². The molecule has 2 fully saturated rings. The molecule has 0 aliphatic carbocycles. The number of carbonyl (C=O) groups is 1. The van der Waals surface area contributed by atoms with Crippen LogP contribution in [0.5, 0.6) is 0 Å². The van der Waals surface area contributed by atoms with Gasteiger partial charge in [0.05, 0.1) is 19.8 Å². The summed E-state index contributed by atoms with van der Waals surface area (Å²) in [5, 5.41) is 4.61. The number of hydrogen-bond donors (Lipinski definition) is 2. The zero-order valence-electron chi connectivity index (χ0n) is 15.9. The predicted octanol–water partition coefficient (Wildman–Crippen LogP) is 0.626. The number of nitrogens with one attached hydrogen (secondary N) is 1. The standard InChI is InChI=1S/C20H28N4O3/c1-15-17(16-4-2-3-5-18(16)24(15)11-19(21)25)10-23-7-9-27-20(13-23)12-22-6-8-26-14-20/h2-5,22H,6-14H2,1H3,(H2,21,25). The number of carbonyl (C=O) groups excluding carboxylic acids is 1. The van der Waals surface area contributed by atoms with Crippen LogP contribution in [0.15, 0.2) is 24.3 Å². The molecule has 1 atom stereocenters. The maximum Gasteiger partial charge on any atom is 0.237 e. The van der Waals surface area contributed by atoms with Gasteiger partial charge in [-0.2, -0.15) is 0 Å². The first kappa shape index (κ1) is 18.4. The smallest absolute Gasteiger partial charge is 0.237 e. The van der Waals surface area contributed by atoms with Crippen molar-refractivity contribution in [3.63, 3.8) is 0 Å². The Bertz CT molecular complexity index is 824. The van der Waals surface area contributed by atoms with Crippen LogP contribution in [0.3, 0.4) is 0 Å². The van der Waals surface area contributed by atoms with E-state index in [4.69, 9.17) is 15.2 Å². The van der Waals surface area contributed by atoms with Crippen molar-refractivity contribution in [2.45, 2.75) is 25.6 Å². The third-order valence-electron chi connectivity index (χ3n) is 5.62. The van der Waals surface area contributed by atoms with Gasteiger partial charge in [0, 0.05) is 49.3 Å². The van der Waals surface area contributed by atoms with Gasteiger partial charge < -0.3 is 25.1 Å². The number of hydrogen-bond acceptors (Lipinski definition) is 5. The molecule has 2 saturated heterocycles. The Kier molecular flexibility index (Phi) is 5.19. The Morgan fingerprint density at radius 2 is 2.19 bits per heavy atom. The van der Waals surface area contributed by atoms with Crippen molar-refractivity contribution in [1.29, 1.82) is 0 Å². The highest BCUT2D eigenvalue weighted by atomic mass is 16.5. The molecule has 1 aromatic heterocycles. The molecule has 27 heavy (non-hydrogen) atoms. The molecular formula is C20H28N4O3. The summed E-state index contributed by atoms with van der Waals surface area (Å²) in [4.78, 5) is 14.0. The van der Waals surface area contributed by atoms with Crippen LogP contribution in [0.4, 0.5) is 0 Å². The predicted molar refractivity (Wildman–Crippen MR) is 104 cm³/mol. The minimum Gasteiger partial charge on any atom is -0.377 e. The van der Waals surface area contributed by atoms with Crippen molar-refractivity contribution < 1.29 is 14.3 Å². The molecule has 4 rings (SSSR count). The highest BCUT2D eigenvalue weighted by Gasteiger charge is 2.38. The Hall–Kier alpha value is -1.93. The van der Waals surface area contributed by atoms with Gasteiger partial charge in [0.15, 0.2) is 0 Å². The first-order chi connectivity index (χ1) is 13.1. The van der Waals surface area contributed by atoms with Gasteiger partial charge in [0.25, 0.3) is 0 Å². The highest BCUT2D eigenvalue weighted by molar-refractivity contribution is 5.87. The number of rotatable bonds is 4. The number of aromatic nitrogens is 1. The summed E-state index contributed by atoms with van der Waals surface area (Å²) < 4.78 is 13.9. The molecule has 1 aromatic carbocycles. The minimum absolute atomic E-state index is 0.206. The van der Waals surface area contributed by atoms with Gasteiger partial charge in [-0.05, 0) is 18.6 Å². The highest BCUT2D eigenvalue weighted by Crippen LogP contribution is 2.29. The number of primary amides is 1. The molecule has 1 spiro atoms. The Morgan fingerprint density at radius 3 is 3.04 bits per heavy atom. The summed E-state index contributed by atoms with van der Waals surface area (Å²) in [5.41, 5.74) is 8.61. The maximum absolute atomic E-state index is 11.6. The monoisotopic (exact) mass is 372 g/mol. The van der Waals surface area contributed by atoms with E-state index in [1.807, 2.05) is 16.7 Å². The second-order valence-corrected chi connectivity index (χ2v) is 7.61. The molecule has 0 radical (unpaired) electrons. The fourth-order valence-corrected chi connectivity index (χ4v) is 4.31.